The zero-order valence-electron chi connectivity index (χ0n) is 16.1. The van der Waals surface area contributed by atoms with E-state index in [1.165, 1.54) is 5.39 Å². The van der Waals surface area contributed by atoms with Crippen molar-refractivity contribution in [2.24, 2.45) is 11.3 Å². The van der Waals surface area contributed by atoms with E-state index in [9.17, 15) is 4.79 Å². The van der Waals surface area contributed by atoms with Gasteiger partial charge in [0.2, 0.25) is 5.91 Å². The number of piperidine rings is 1. The molecule has 2 aromatic heterocycles. The van der Waals surface area contributed by atoms with Gasteiger partial charge in [0.15, 0.2) is 0 Å². The highest BCUT2D eigenvalue weighted by atomic mass is 32.1. The first-order valence-electron chi connectivity index (χ1n) is 9.95. The Kier molecular flexibility index (Phi) is 4.48. The Hall–Kier alpha value is -2.18. The monoisotopic (exact) mass is 395 g/mol. The first-order chi connectivity index (χ1) is 13.6. The first kappa shape index (κ1) is 17.9. The molecule has 1 saturated heterocycles. The molecule has 1 spiro atoms. The quantitative estimate of drug-likeness (QED) is 0.651. The van der Waals surface area contributed by atoms with Crippen LogP contribution in [0.2, 0.25) is 0 Å². The van der Waals surface area contributed by atoms with Crippen LogP contribution in [-0.4, -0.2) is 40.8 Å². The number of carbonyl (C=O) groups excluding carboxylic acids is 1. The number of hydrogen-bond acceptors (Lipinski definition) is 5. The highest BCUT2D eigenvalue weighted by Gasteiger charge is 2.59. The van der Waals surface area contributed by atoms with Gasteiger partial charge in [-0.2, -0.15) is 0 Å². The van der Waals surface area contributed by atoms with Gasteiger partial charge < -0.3 is 9.32 Å². The minimum absolute atomic E-state index is 0.199. The van der Waals surface area contributed by atoms with Crippen LogP contribution in [0, 0.1) is 11.3 Å². The molecule has 28 heavy (non-hydrogen) atoms. The van der Waals surface area contributed by atoms with Crippen LogP contribution in [0.3, 0.4) is 0 Å². The van der Waals surface area contributed by atoms with E-state index in [1.807, 2.05) is 41.0 Å². The van der Waals surface area contributed by atoms with Crippen LogP contribution in [0.5, 0.6) is 0 Å². The van der Waals surface area contributed by atoms with Crippen molar-refractivity contribution in [1.82, 2.24) is 14.8 Å². The second-order valence-electron chi connectivity index (χ2n) is 8.32. The Morgan fingerprint density at radius 2 is 2.18 bits per heavy atom. The summed E-state index contributed by atoms with van der Waals surface area (Å²) >= 11 is 1.58. The van der Waals surface area contributed by atoms with Gasteiger partial charge in [0.25, 0.3) is 0 Å². The van der Waals surface area contributed by atoms with Crippen molar-refractivity contribution >= 4 is 28.2 Å². The van der Waals surface area contributed by atoms with Gasteiger partial charge in [-0.05, 0) is 49.9 Å². The van der Waals surface area contributed by atoms with E-state index >= 15 is 0 Å². The van der Waals surface area contributed by atoms with Crippen molar-refractivity contribution in [3.8, 4) is 0 Å². The van der Waals surface area contributed by atoms with Gasteiger partial charge in [0, 0.05) is 23.7 Å². The summed E-state index contributed by atoms with van der Waals surface area (Å²) in [6.45, 7) is 3.55. The molecule has 1 aliphatic heterocycles. The van der Waals surface area contributed by atoms with E-state index in [1.54, 1.807) is 11.3 Å². The van der Waals surface area contributed by atoms with Crippen molar-refractivity contribution in [1.29, 1.82) is 0 Å². The largest absolute Gasteiger partial charge is 0.460 e. The van der Waals surface area contributed by atoms with E-state index in [0.29, 0.717) is 12.5 Å². The number of amides is 1. The van der Waals surface area contributed by atoms with Gasteiger partial charge in [-0.15, -0.1) is 11.3 Å². The molecule has 2 fully saturated rings. The number of rotatable bonds is 5. The van der Waals surface area contributed by atoms with Gasteiger partial charge in [-0.3, -0.25) is 9.69 Å². The van der Waals surface area contributed by atoms with E-state index in [-0.39, 0.29) is 11.3 Å². The molecule has 1 saturated carbocycles. The summed E-state index contributed by atoms with van der Waals surface area (Å²) in [6.07, 6.45) is 3.26. The second-order valence-corrected chi connectivity index (χ2v) is 9.04. The highest BCUT2D eigenvalue weighted by molar-refractivity contribution is 7.07. The molecule has 146 valence electrons. The van der Waals surface area contributed by atoms with Crippen LogP contribution in [0.1, 0.15) is 30.7 Å². The molecule has 1 unspecified atom stereocenters. The minimum Gasteiger partial charge on any atom is -0.460 e. The molecule has 2 aliphatic rings. The molecule has 5 nitrogen and oxygen atoms in total. The molecule has 0 bridgehead atoms. The normalized spacial score (nSPS) is 21.2. The molecule has 0 radical (unpaired) electrons. The number of thiazole rings is 1. The molecule has 1 aromatic carbocycles. The average Bonchev–Trinajstić information content (AvgIpc) is 3.04. The summed E-state index contributed by atoms with van der Waals surface area (Å²) in [5, 5.41) is 3.19. The summed E-state index contributed by atoms with van der Waals surface area (Å²) in [6, 6.07) is 10.3. The van der Waals surface area contributed by atoms with Crippen molar-refractivity contribution < 1.29 is 9.21 Å². The Balaban J connectivity index is 1.15. The molecular formula is C22H25N3O2S. The number of carbonyl (C=O) groups is 1. The second kappa shape index (κ2) is 7.01. The molecule has 1 amide bonds. The van der Waals surface area contributed by atoms with Crippen LogP contribution < -0.4 is 0 Å². The number of furan rings is 1. The van der Waals surface area contributed by atoms with Crippen LogP contribution in [0.15, 0.2) is 45.6 Å². The lowest BCUT2D eigenvalue weighted by Crippen LogP contribution is -2.37. The average molecular weight is 396 g/mol. The fourth-order valence-corrected chi connectivity index (χ4v) is 5.19. The number of nitrogens with zero attached hydrogens (tertiary/aromatic N) is 3. The maximum Gasteiger partial charge on any atom is 0.226 e. The zero-order chi connectivity index (χ0) is 19.1. The number of likely N-dealkylation sites (tertiary alicyclic amines) is 1. The third-order valence-electron chi connectivity index (χ3n) is 6.45. The molecule has 3 aromatic rings. The van der Waals surface area contributed by atoms with Gasteiger partial charge in [0.1, 0.15) is 11.3 Å². The maximum absolute atomic E-state index is 12.8. The summed E-state index contributed by atoms with van der Waals surface area (Å²) in [4.78, 5) is 21.5. The molecule has 0 N–H and O–H groups in total. The zero-order valence-corrected chi connectivity index (χ0v) is 17.0. The Morgan fingerprint density at radius 1 is 1.36 bits per heavy atom. The fourth-order valence-electron chi connectivity index (χ4n) is 4.64. The number of aromatic nitrogens is 1. The van der Waals surface area contributed by atoms with Crippen LogP contribution in [0.25, 0.3) is 11.0 Å². The number of para-hydroxylation sites is 1. The Bertz CT molecular complexity index is 940. The number of fused-ring (bicyclic) bond motifs is 1. The third kappa shape index (κ3) is 3.35. The van der Waals surface area contributed by atoms with Gasteiger partial charge in [-0.25, -0.2) is 4.98 Å². The molecule has 3 heterocycles. The summed E-state index contributed by atoms with van der Waals surface area (Å²) in [7, 11) is 1.91. The standard InChI is InChI=1S/C22H25N3O2S/c1-24(12-17-14-28-15-23-17)21(26)19-11-22(19)6-8-25(9-7-22)13-18-10-16-4-2-3-5-20(16)27-18/h2-5,10,14-15,19H,6-9,11-13H2,1H3. The van der Waals surface area contributed by atoms with Gasteiger partial charge in [-0.1, -0.05) is 18.2 Å². The van der Waals surface area contributed by atoms with E-state index in [4.69, 9.17) is 4.42 Å². The van der Waals surface area contributed by atoms with E-state index < -0.39 is 0 Å². The van der Waals surface area contributed by atoms with Crippen molar-refractivity contribution in [3.05, 3.63) is 52.7 Å². The molecule has 1 aliphatic carbocycles. The number of hydrogen-bond donors (Lipinski definition) is 0. The smallest absolute Gasteiger partial charge is 0.226 e. The number of benzene rings is 1. The summed E-state index contributed by atoms with van der Waals surface area (Å²) in [5.74, 6) is 1.52. The van der Waals surface area contributed by atoms with Gasteiger partial charge >= 0.3 is 0 Å². The van der Waals surface area contributed by atoms with E-state index in [0.717, 1.165) is 55.9 Å². The lowest BCUT2D eigenvalue weighted by atomic mass is 9.90. The minimum atomic E-state index is 0.199. The van der Waals surface area contributed by atoms with Crippen LogP contribution >= 0.6 is 11.3 Å². The SMILES string of the molecule is CN(Cc1cscn1)C(=O)C1CC12CCN(Cc1cc3ccccc3o1)CC2. The fraction of sp³-hybridized carbons (Fsp3) is 0.455. The lowest BCUT2D eigenvalue weighted by Gasteiger charge is -2.32. The molecule has 5 rings (SSSR count). The van der Waals surface area contributed by atoms with Crippen LogP contribution in [-0.2, 0) is 17.9 Å². The third-order valence-corrected chi connectivity index (χ3v) is 7.09. The van der Waals surface area contributed by atoms with Crippen LogP contribution in [0.4, 0.5) is 0 Å². The van der Waals surface area contributed by atoms with Crippen molar-refractivity contribution in [3.63, 3.8) is 0 Å². The Labute approximate surface area is 169 Å². The lowest BCUT2D eigenvalue weighted by molar-refractivity contribution is -0.133. The summed E-state index contributed by atoms with van der Waals surface area (Å²) in [5.41, 5.74) is 4.00. The molecular weight excluding hydrogens is 370 g/mol. The summed E-state index contributed by atoms with van der Waals surface area (Å²) < 4.78 is 5.97. The maximum atomic E-state index is 12.8. The predicted molar refractivity (Wildman–Crippen MR) is 110 cm³/mol. The molecule has 6 heteroatoms. The first-order valence-corrected chi connectivity index (χ1v) is 10.9. The predicted octanol–water partition coefficient (Wildman–Crippen LogP) is 4.15. The topological polar surface area (TPSA) is 49.6 Å². The van der Waals surface area contributed by atoms with E-state index in [2.05, 4.69) is 22.0 Å². The van der Waals surface area contributed by atoms with Gasteiger partial charge in [0.05, 0.1) is 24.3 Å². The Morgan fingerprint density at radius 3 is 2.93 bits per heavy atom. The molecule has 1 atom stereocenters. The van der Waals surface area contributed by atoms with Crippen molar-refractivity contribution in [2.45, 2.75) is 32.4 Å². The highest BCUT2D eigenvalue weighted by Crippen LogP contribution is 2.60. The van der Waals surface area contributed by atoms with Crippen molar-refractivity contribution in [2.75, 3.05) is 20.1 Å².